The highest BCUT2D eigenvalue weighted by Crippen LogP contribution is 2.21. The van der Waals surface area contributed by atoms with Crippen molar-refractivity contribution in [2.75, 3.05) is 4.72 Å². The Bertz CT molecular complexity index is 756. The molecule has 2 rings (SSSR count). The molecule has 0 aliphatic rings. The van der Waals surface area contributed by atoms with Crippen molar-refractivity contribution in [2.45, 2.75) is 24.8 Å². The van der Waals surface area contributed by atoms with E-state index < -0.39 is 22.4 Å². The maximum absolute atomic E-state index is 13.3. The summed E-state index contributed by atoms with van der Waals surface area (Å²) in [6, 6.07) is 3.28. The molecule has 0 atom stereocenters. The van der Waals surface area contributed by atoms with Crippen LogP contribution in [0, 0.1) is 5.82 Å². The third-order valence-electron chi connectivity index (χ3n) is 2.98. The Morgan fingerprint density at radius 2 is 2.14 bits per heavy atom. The van der Waals surface area contributed by atoms with Gasteiger partial charge in [-0.15, -0.1) is 0 Å². The maximum atomic E-state index is 13.3. The van der Waals surface area contributed by atoms with Gasteiger partial charge in [0.1, 0.15) is 5.82 Å². The van der Waals surface area contributed by atoms with Crippen molar-refractivity contribution < 1.29 is 17.9 Å². The summed E-state index contributed by atoms with van der Waals surface area (Å²) in [6.07, 6.45) is 2.14. The minimum absolute atomic E-state index is 0.0697. The van der Waals surface area contributed by atoms with Crippen LogP contribution >= 0.6 is 0 Å². The third-order valence-corrected chi connectivity index (χ3v) is 4.35. The molecule has 2 aromatic rings. The summed E-state index contributed by atoms with van der Waals surface area (Å²) in [4.78, 5) is -0.112. The van der Waals surface area contributed by atoms with E-state index in [1.54, 1.807) is 13.2 Å². The number of rotatable bonds is 5. The molecule has 0 saturated heterocycles. The summed E-state index contributed by atoms with van der Waals surface area (Å²) in [5.41, 5.74) is 0.931. The number of nitrogens with one attached hydrogen (secondary N) is 1. The molecule has 21 heavy (non-hydrogen) atoms. The monoisotopic (exact) mass is 313 g/mol. The van der Waals surface area contributed by atoms with Crippen LogP contribution in [0.1, 0.15) is 18.2 Å². The van der Waals surface area contributed by atoms with Crippen LogP contribution in [0.15, 0.2) is 29.3 Å². The van der Waals surface area contributed by atoms with Crippen molar-refractivity contribution in [3.05, 3.63) is 41.5 Å². The fourth-order valence-electron chi connectivity index (χ4n) is 1.92. The SMILES string of the molecule is CCc1nn(C)cc1NS(=O)(=O)c1ccc(F)c(CO)c1. The molecule has 0 unspecified atom stereocenters. The Hall–Kier alpha value is -1.93. The molecule has 0 aliphatic heterocycles. The summed E-state index contributed by atoms with van der Waals surface area (Å²) in [5, 5.41) is 13.2. The molecule has 6 nitrogen and oxygen atoms in total. The molecule has 0 aliphatic carbocycles. The first kappa shape index (κ1) is 15.5. The second-order valence-electron chi connectivity index (χ2n) is 4.53. The quantitative estimate of drug-likeness (QED) is 0.874. The number of halogens is 1. The van der Waals surface area contributed by atoms with Gasteiger partial charge in [0, 0.05) is 18.8 Å². The predicted octanol–water partition coefficient (Wildman–Crippen LogP) is 1.41. The summed E-state index contributed by atoms with van der Waals surface area (Å²) in [6.45, 7) is 1.30. The van der Waals surface area contributed by atoms with E-state index in [1.165, 1.54) is 4.68 Å². The Kier molecular flexibility index (Phi) is 4.29. The first-order valence-electron chi connectivity index (χ1n) is 6.32. The average molecular weight is 313 g/mol. The lowest BCUT2D eigenvalue weighted by molar-refractivity contribution is 0.275. The van der Waals surface area contributed by atoms with Gasteiger partial charge in [-0.05, 0) is 24.6 Å². The summed E-state index contributed by atoms with van der Waals surface area (Å²) in [7, 11) is -2.17. The number of sulfonamides is 1. The smallest absolute Gasteiger partial charge is 0.262 e. The van der Waals surface area contributed by atoms with E-state index >= 15 is 0 Å². The molecule has 0 spiro atoms. The Morgan fingerprint density at radius 3 is 2.76 bits per heavy atom. The molecule has 2 N–H and O–H groups in total. The predicted molar refractivity (Wildman–Crippen MR) is 75.7 cm³/mol. The van der Waals surface area contributed by atoms with Gasteiger partial charge in [-0.2, -0.15) is 5.10 Å². The highest BCUT2D eigenvalue weighted by molar-refractivity contribution is 7.92. The van der Waals surface area contributed by atoms with E-state index in [1.807, 2.05) is 6.92 Å². The highest BCUT2D eigenvalue weighted by atomic mass is 32.2. The molecule has 0 fully saturated rings. The Balaban J connectivity index is 2.38. The van der Waals surface area contributed by atoms with Gasteiger partial charge in [0.15, 0.2) is 0 Å². The molecule has 0 amide bonds. The second-order valence-corrected chi connectivity index (χ2v) is 6.22. The van der Waals surface area contributed by atoms with Crippen molar-refractivity contribution in [3.8, 4) is 0 Å². The molecular weight excluding hydrogens is 297 g/mol. The van der Waals surface area contributed by atoms with E-state index in [9.17, 15) is 12.8 Å². The van der Waals surface area contributed by atoms with E-state index in [0.717, 1.165) is 18.2 Å². The van der Waals surface area contributed by atoms with Crippen molar-refractivity contribution in [2.24, 2.45) is 7.05 Å². The van der Waals surface area contributed by atoms with Gasteiger partial charge < -0.3 is 5.11 Å². The number of benzene rings is 1. The van der Waals surface area contributed by atoms with E-state index in [0.29, 0.717) is 17.8 Å². The Morgan fingerprint density at radius 1 is 1.43 bits per heavy atom. The molecule has 0 radical (unpaired) electrons. The molecule has 8 heteroatoms. The molecule has 1 aromatic heterocycles. The normalized spacial score (nSPS) is 11.6. The van der Waals surface area contributed by atoms with E-state index in [4.69, 9.17) is 5.11 Å². The average Bonchev–Trinajstić information content (AvgIpc) is 2.78. The van der Waals surface area contributed by atoms with E-state index in [2.05, 4.69) is 9.82 Å². The van der Waals surface area contributed by atoms with Crippen molar-refractivity contribution >= 4 is 15.7 Å². The standard InChI is InChI=1S/C13H16FN3O3S/c1-3-12-13(7-17(2)15-12)16-21(19,20)10-4-5-11(14)9(6-10)8-18/h4-7,16,18H,3,8H2,1-2H3. The number of hydrogen-bond acceptors (Lipinski definition) is 4. The third kappa shape index (κ3) is 3.22. The van der Waals surface area contributed by atoms with Gasteiger partial charge in [-0.3, -0.25) is 9.40 Å². The van der Waals surface area contributed by atoms with Crippen LogP contribution in [0.2, 0.25) is 0 Å². The van der Waals surface area contributed by atoms with Crippen LogP contribution in [0.25, 0.3) is 0 Å². The van der Waals surface area contributed by atoms with Gasteiger partial charge in [-0.1, -0.05) is 6.92 Å². The topological polar surface area (TPSA) is 84.2 Å². The van der Waals surface area contributed by atoms with Gasteiger partial charge >= 0.3 is 0 Å². The molecule has 1 aromatic carbocycles. The lowest BCUT2D eigenvalue weighted by Crippen LogP contribution is -2.14. The lowest BCUT2D eigenvalue weighted by atomic mass is 10.2. The summed E-state index contributed by atoms with van der Waals surface area (Å²) < 4.78 is 41.9. The van der Waals surface area contributed by atoms with Gasteiger partial charge in [0.25, 0.3) is 10.0 Å². The molecular formula is C13H16FN3O3S. The fraction of sp³-hybridized carbons (Fsp3) is 0.308. The van der Waals surface area contributed by atoms with Gasteiger partial charge in [-0.25, -0.2) is 12.8 Å². The number of aromatic nitrogens is 2. The van der Waals surface area contributed by atoms with Crippen molar-refractivity contribution in [3.63, 3.8) is 0 Å². The van der Waals surface area contributed by atoms with Crippen LogP contribution in [-0.4, -0.2) is 23.3 Å². The number of aliphatic hydroxyl groups excluding tert-OH is 1. The zero-order chi connectivity index (χ0) is 15.6. The zero-order valence-electron chi connectivity index (χ0n) is 11.7. The van der Waals surface area contributed by atoms with E-state index in [-0.39, 0.29) is 10.5 Å². The number of hydrogen-bond donors (Lipinski definition) is 2. The molecule has 0 bridgehead atoms. The number of anilines is 1. The largest absolute Gasteiger partial charge is 0.392 e. The van der Waals surface area contributed by atoms with Crippen molar-refractivity contribution in [1.29, 1.82) is 0 Å². The second kappa shape index (κ2) is 5.82. The van der Waals surface area contributed by atoms with Crippen LogP contribution in [0.5, 0.6) is 0 Å². The number of aliphatic hydroxyl groups is 1. The fourth-order valence-corrected chi connectivity index (χ4v) is 3.05. The van der Waals surface area contributed by atoms with Gasteiger partial charge in [0.2, 0.25) is 0 Å². The molecule has 0 saturated carbocycles. The summed E-state index contributed by atoms with van der Waals surface area (Å²) in [5.74, 6) is -0.646. The minimum atomic E-state index is -3.86. The molecule has 1 heterocycles. The van der Waals surface area contributed by atoms with Crippen LogP contribution in [-0.2, 0) is 30.1 Å². The number of aryl methyl sites for hydroxylation is 2. The van der Waals surface area contributed by atoms with Crippen LogP contribution in [0.4, 0.5) is 10.1 Å². The zero-order valence-corrected chi connectivity index (χ0v) is 12.5. The Labute approximate surface area is 122 Å². The first-order chi connectivity index (χ1) is 9.87. The lowest BCUT2D eigenvalue weighted by Gasteiger charge is -2.09. The highest BCUT2D eigenvalue weighted by Gasteiger charge is 2.19. The minimum Gasteiger partial charge on any atom is -0.392 e. The summed E-state index contributed by atoms with van der Waals surface area (Å²) >= 11 is 0. The van der Waals surface area contributed by atoms with Crippen LogP contribution < -0.4 is 4.72 Å². The first-order valence-corrected chi connectivity index (χ1v) is 7.80. The molecule has 114 valence electrons. The maximum Gasteiger partial charge on any atom is 0.262 e. The van der Waals surface area contributed by atoms with Gasteiger partial charge in [0.05, 0.1) is 22.9 Å². The number of nitrogens with zero attached hydrogens (tertiary/aromatic N) is 2. The van der Waals surface area contributed by atoms with Crippen LogP contribution in [0.3, 0.4) is 0 Å². The van der Waals surface area contributed by atoms with Crippen molar-refractivity contribution in [1.82, 2.24) is 9.78 Å².